The number of carboxylic acids is 1. The maximum Gasteiger partial charge on any atom is 0.305 e. The molecule has 1 aromatic rings. The number of hydrogen-bond donors (Lipinski definition) is 3. The fraction of sp³-hybridized carbons (Fsp3) is 0.429. The first-order valence-electron chi connectivity index (χ1n) is 6.24. The van der Waals surface area contributed by atoms with Crippen LogP contribution in [-0.4, -0.2) is 36.5 Å². The molecule has 2 unspecified atom stereocenters. The monoisotopic (exact) mass is 264 g/mol. The van der Waals surface area contributed by atoms with Gasteiger partial charge >= 0.3 is 5.97 Å². The van der Waals surface area contributed by atoms with Crippen molar-refractivity contribution in [2.45, 2.75) is 25.4 Å². The van der Waals surface area contributed by atoms with Crippen molar-refractivity contribution in [2.75, 3.05) is 13.6 Å². The number of ketones is 1. The number of carbonyl (C=O) groups is 2. The minimum Gasteiger partial charge on any atom is -0.481 e. The predicted molar refractivity (Wildman–Crippen MR) is 73.0 cm³/mol. The minimum atomic E-state index is -0.983. The Morgan fingerprint density at radius 1 is 1.26 bits per heavy atom. The molecule has 0 aliphatic heterocycles. The number of rotatable bonds is 8. The first kappa shape index (κ1) is 15.3. The summed E-state index contributed by atoms with van der Waals surface area (Å²) in [5, 5.41) is 14.5. The van der Waals surface area contributed by atoms with Gasteiger partial charge in [-0.05, 0) is 19.5 Å². The second-order valence-corrected chi connectivity index (χ2v) is 4.42. The first-order valence-corrected chi connectivity index (χ1v) is 6.24. The summed E-state index contributed by atoms with van der Waals surface area (Å²) >= 11 is 0. The summed E-state index contributed by atoms with van der Waals surface area (Å²) in [5.74, 6) is -1.13. The van der Waals surface area contributed by atoms with E-state index in [-0.39, 0.29) is 24.8 Å². The van der Waals surface area contributed by atoms with Gasteiger partial charge in [0.1, 0.15) is 0 Å². The highest BCUT2D eigenvalue weighted by atomic mass is 16.4. The zero-order chi connectivity index (χ0) is 14.3. The van der Waals surface area contributed by atoms with Crippen LogP contribution in [0.3, 0.4) is 0 Å². The number of likely N-dealkylation sites (N-methyl/N-ethyl adjacent to an activating group) is 1. The number of carbonyl (C=O) groups excluding carboxylic acids is 1. The van der Waals surface area contributed by atoms with Gasteiger partial charge in [-0.25, -0.2) is 0 Å². The molecule has 1 rings (SSSR count). The molecule has 0 saturated heterocycles. The van der Waals surface area contributed by atoms with E-state index in [0.717, 1.165) is 5.56 Å². The maximum absolute atomic E-state index is 11.9. The Morgan fingerprint density at radius 2 is 1.89 bits per heavy atom. The summed E-state index contributed by atoms with van der Waals surface area (Å²) in [7, 11) is 1.59. The van der Waals surface area contributed by atoms with Gasteiger partial charge in [0.2, 0.25) is 0 Å². The smallest absolute Gasteiger partial charge is 0.305 e. The van der Waals surface area contributed by atoms with Gasteiger partial charge in [0.25, 0.3) is 0 Å². The molecule has 5 heteroatoms. The molecule has 104 valence electrons. The third-order valence-corrected chi connectivity index (χ3v) is 3.00. The van der Waals surface area contributed by atoms with E-state index in [1.54, 1.807) is 7.05 Å². The number of aliphatic carboxylic acids is 1. The van der Waals surface area contributed by atoms with E-state index in [0.29, 0.717) is 0 Å². The Morgan fingerprint density at radius 3 is 2.42 bits per heavy atom. The third-order valence-electron chi connectivity index (χ3n) is 3.00. The molecule has 0 aromatic heterocycles. The van der Waals surface area contributed by atoms with Crippen LogP contribution in [0.4, 0.5) is 0 Å². The van der Waals surface area contributed by atoms with Crippen molar-refractivity contribution >= 4 is 11.8 Å². The highest BCUT2D eigenvalue weighted by Gasteiger charge is 2.19. The predicted octanol–water partition coefficient (Wildman–Crippen LogP) is 0.969. The van der Waals surface area contributed by atoms with Gasteiger partial charge in [-0.2, -0.15) is 0 Å². The highest BCUT2D eigenvalue weighted by Crippen LogP contribution is 2.10. The molecule has 5 nitrogen and oxygen atoms in total. The van der Waals surface area contributed by atoms with E-state index in [4.69, 9.17) is 5.11 Å². The molecule has 1 aromatic carbocycles. The standard InChI is InChI=1S/C14H20N2O3/c1-10(11-6-4-3-5-7-11)16-9-13(17)12(15-2)8-14(18)19/h3-7,10,12,15-16H,8-9H2,1-2H3,(H,18,19). The number of carboxylic acid groups (broad SMARTS) is 1. The van der Waals surface area contributed by atoms with Crippen LogP contribution in [0.1, 0.15) is 24.9 Å². The van der Waals surface area contributed by atoms with Crippen molar-refractivity contribution < 1.29 is 14.7 Å². The molecule has 0 aliphatic rings. The van der Waals surface area contributed by atoms with E-state index in [2.05, 4.69) is 10.6 Å². The van der Waals surface area contributed by atoms with Crippen LogP contribution in [0, 0.1) is 0 Å². The second kappa shape index (κ2) is 7.66. The van der Waals surface area contributed by atoms with E-state index in [1.807, 2.05) is 37.3 Å². The molecule has 0 spiro atoms. The van der Waals surface area contributed by atoms with Crippen molar-refractivity contribution in [3.05, 3.63) is 35.9 Å². The van der Waals surface area contributed by atoms with Crippen LogP contribution in [0.25, 0.3) is 0 Å². The third kappa shape index (κ3) is 5.19. The molecule has 19 heavy (non-hydrogen) atoms. The molecule has 0 saturated carbocycles. The molecule has 2 atom stereocenters. The Balaban J connectivity index is 2.47. The maximum atomic E-state index is 11.9. The molecule has 0 heterocycles. The normalized spacial score (nSPS) is 13.8. The molecule has 3 N–H and O–H groups in total. The lowest BCUT2D eigenvalue weighted by molar-refractivity contribution is -0.139. The van der Waals surface area contributed by atoms with Gasteiger partial charge in [-0.1, -0.05) is 30.3 Å². The number of hydrogen-bond acceptors (Lipinski definition) is 4. The van der Waals surface area contributed by atoms with Crippen LogP contribution in [0.15, 0.2) is 30.3 Å². The van der Waals surface area contributed by atoms with Crippen LogP contribution in [0.2, 0.25) is 0 Å². The Bertz CT molecular complexity index is 420. The Hall–Kier alpha value is -1.72. The van der Waals surface area contributed by atoms with Crippen molar-refractivity contribution in [3.8, 4) is 0 Å². The van der Waals surface area contributed by atoms with Crippen molar-refractivity contribution in [2.24, 2.45) is 0 Å². The van der Waals surface area contributed by atoms with Crippen molar-refractivity contribution in [1.29, 1.82) is 0 Å². The Kier molecular flexibility index (Phi) is 6.18. The van der Waals surface area contributed by atoms with Crippen molar-refractivity contribution in [3.63, 3.8) is 0 Å². The summed E-state index contributed by atoms with van der Waals surface area (Å²) < 4.78 is 0. The lowest BCUT2D eigenvalue weighted by Gasteiger charge is -2.17. The van der Waals surface area contributed by atoms with Gasteiger partial charge in [-0.3, -0.25) is 9.59 Å². The first-order chi connectivity index (χ1) is 9.04. The number of benzene rings is 1. The molecule has 0 fully saturated rings. The van der Waals surface area contributed by atoms with Crippen LogP contribution in [-0.2, 0) is 9.59 Å². The summed E-state index contributed by atoms with van der Waals surface area (Å²) in [4.78, 5) is 22.5. The van der Waals surface area contributed by atoms with Crippen molar-refractivity contribution in [1.82, 2.24) is 10.6 Å². The SMILES string of the molecule is CNC(CC(=O)O)C(=O)CNC(C)c1ccccc1. The van der Waals surface area contributed by atoms with Crippen LogP contribution < -0.4 is 10.6 Å². The summed E-state index contributed by atoms with van der Waals surface area (Å²) in [6.07, 6.45) is -0.198. The summed E-state index contributed by atoms with van der Waals surface area (Å²) in [5.41, 5.74) is 1.09. The van der Waals surface area contributed by atoms with E-state index in [1.165, 1.54) is 0 Å². The van der Waals surface area contributed by atoms with E-state index >= 15 is 0 Å². The fourth-order valence-electron chi connectivity index (χ4n) is 1.79. The number of nitrogens with one attached hydrogen (secondary N) is 2. The van der Waals surface area contributed by atoms with Crippen LogP contribution >= 0.6 is 0 Å². The lowest BCUT2D eigenvalue weighted by Crippen LogP contribution is -2.41. The summed E-state index contributed by atoms with van der Waals surface area (Å²) in [6.45, 7) is 2.11. The topological polar surface area (TPSA) is 78.4 Å². The molecule has 0 radical (unpaired) electrons. The minimum absolute atomic E-state index is 0.0486. The Labute approximate surface area is 113 Å². The molecule has 0 amide bonds. The second-order valence-electron chi connectivity index (χ2n) is 4.42. The quantitative estimate of drug-likeness (QED) is 0.652. The number of Topliss-reactive ketones (excluding diaryl/α,β-unsaturated/α-hetero) is 1. The van der Waals surface area contributed by atoms with Gasteiger partial charge in [0.05, 0.1) is 19.0 Å². The lowest BCUT2D eigenvalue weighted by atomic mass is 10.1. The average Bonchev–Trinajstić information content (AvgIpc) is 2.42. The molecular weight excluding hydrogens is 244 g/mol. The van der Waals surface area contributed by atoms with Gasteiger partial charge in [0.15, 0.2) is 5.78 Å². The van der Waals surface area contributed by atoms with Crippen LogP contribution in [0.5, 0.6) is 0 Å². The van der Waals surface area contributed by atoms with Gasteiger partial charge < -0.3 is 15.7 Å². The van der Waals surface area contributed by atoms with E-state index in [9.17, 15) is 9.59 Å². The fourth-order valence-corrected chi connectivity index (χ4v) is 1.79. The average molecular weight is 264 g/mol. The summed E-state index contributed by atoms with van der Waals surface area (Å²) in [6, 6.07) is 9.18. The molecule has 0 bridgehead atoms. The van der Waals surface area contributed by atoms with Gasteiger partial charge in [0, 0.05) is 6.04 Å². The zero-order valence-electron chi connectivity index (χ0n) is 11.2. The molecular formula is C14H20N2O3. The molecule has 0 aliphatic carbocycles. The highest BCUT2D eigenvalue weighted by molar-refractivity contribution is 5.89. The zero-order valence-corrected chi connectivity index (χ0v) is 11.2. The van der Waals surface area contributed by atoms with Gasteiger partial charge in [-0.15, -0.1) is 0 Å². The van der Waals surface area contributed by atoms with E-state index < -0.39 is 12.0 Å². The largest absolute Gasteiger partial charge is 0.481 e.